The molecule has 0 amide bonds. The molecule has 0 saturated carbocycles. The molecule has 1 aliphatic heterocycles. The second-order valence-corrected chi connectivity index (χ2v) is 5.24. The van der Waals surface area contributed by atoms with Crippen molar-refractivity contribution in [2.75, 3.05) is 25.1 Å². The molecule has 0 radical (unpaired) electrons. The van der Waals surface area contributed by atoms with Gasteiger partial charge in [-0.1, -0.05) is 0 Å². The standard InChI is InChI=1S/C11H14N2O4S/c1-7(14)10-5-9(13(15)16)11(18-10)12-4-3-8(6-12)17-2/h5,8H,3-4,6H2,1-2H3. The molecule has 1 aromatic rings. The maximum absolute atomic E-state index is 11.3. The predicted octanol–water partition coefficient (Wildman–Crippen LogP) is 2.08. The van der Waals surface area contributed by atoms with Gasteiger partial charge in [-0.05, 0) is 13.3 Å². The molecule has 1 fully saturated rings. The van der Waals surface area contributed by atoms with Crippen molar-refractivity contribution in [2.45, 2.75) is 19.4 Å². The highest BCUT2D eigenvalue weighted by Crippen LogP contribution is 2.39. The fourth-order valence-corrected chi connectivity index (χ4v) is 3.06. The Morgan fingerprint density at radius 1 is 1.67 bits per heavy atom. The zero-order valence-electron chi connectivity index (χ0n) is 10.2. The average Bonchev–Trinajstić information content (AvgIpc) is 2.95. The lowest BCUT2D eigenvalue weighted by Crippen LogP contribution is -2.21. The number of anilines is 1. The van der Waals surface area contributed by atoms with Crippen LogP contribution in [0.25, 0.3) is 0 Å². The van der Waals surface area contributed by atoms with E-state index in [0.717, 1.165) is 13.0 Å². The highest BCUT2D eigenvalue weighted by atomic mass is 32.1. The normalized spacial score (nSPS) is 19.2. The highest BCUT2D eigenvalue weighted by Gasteiger charge is 2.30. The molecule has 1 saturated heterocycles. The topological polar surface area (TPSA) is 72.7 Å². The number of carbonyl (C=O) groups is 1. The van der Waals surface area contributed by atoms with Crippen molar-refractivity contribution in [3.05, 3.63) is 21.1 Å². The number of nitrogens with zero attached hydrogens (tertiary/aromatic N) is 2. The first-order valence-electron chi connectivity index (χ1n) is 5.59. The summed E-state index contributed by atoms with van der Waals surface area (Å²) >= 11 is 1.18. The van der Waals surface area contributed by atoms with E-state index in [1.807, 2.05) is 4.90 Å². The molecule has 6 nitrogen and oxygen atoms in total. The van der Waals surface area contributed by atoms with Crippen molar-refractivity contribution in [3.63, 3.8) is 0 Å². The van der Waals surface area contributed by atoms with Gasteiger partial charge in [0.2, 0.25) is 0 Å². The third-order valence-corrected chi connectivity index (χ3v) is 4.29. The van der Waals surface area contributed by atoms with E-state index in [2.05, 4.69) is 0 Å². The van der Waals surface area contributed by atoms with E-state index in [-0.39, 0.29) is 17.6 Å². The van der Waals surface area contributed by atoms with Crippen LogP contribution in [0.5, 0.6) is 0 Å². The number of rotatable bonds is 4. The zero-order valence-corrected chi connectivity index (χ0v) is 11.0. The van der Waals surface area contributed by atoms with Crippen LogP contribution in [0.4, 0.5) is 10.7 Å². The van der Waals surface area contributed by atoms with Crippen LogP contribution in [-0.2, 0) is 4.74 Å². The van der Waals surface area contributed by atoms with E-state index >= 15 is 0 Å². The summed E-state index contributed by atoms with van der Waals surface area (Å²) in [4.78, 5) is 24.2. The number of ketones is 1. The van der Waals surface area contributed by atoms with Gasteiger partial charge < -0.3 is 9.64 Å². The van der Waals surface area contributed by atoms with Gasteiger partial charge in [0.15, 0.2) is 10.8 Å². The van der Waals surface area contributed by atoms with Crippen molar-refractivity contribution in [1.29, 1.82) is 0 Å². The number of Topliss-reactive ketones (excluding diaryl/α,β-unsaturated/α-hetero) is 1. The van der Waals surface area contributed by atoms with Crippen LogP contribution in [0, 0.1) is 10.1 Å². The van der Waals surface area contributed by atoms with Gasteiger partial charge in [0, 0.05) is 26.3 Å². The van der Waals surface area contributed by atoms with Crippen LogP contribution >= 0.6 is 11.3 Å². The molecule has 2 rings (SSSR count). The minimum Gasteiger partial charge on any atom is -0.380 e. The fraction of sp³-hybridized carbons (Fsp3) is 0.545. The van der Waals surface area contributed by atoms with Gasteiger partial charge in [0.25, 0.3) is 0 Å². The van der Waals surface area contributed by atoms with E-state index < -0.39 is 4.92 Å². The van der Waals surface area contributed by atoms with Crippen molar-refractivity contribution < 1.29 is 14.5 Å². The second-order valence-electron chi connectivity index (χ2n) is 4.21. The van der Waals surface area contributed by atoms with Gasteiger partial charge in [-0.25, -0.2) is 0 Å². The summed E-state index contributed by atoms with van der Waals surface area (Å²) in [5.74, 6) is -0.142. The Hall–Kier alpha value is -1.47. The Morgan fingerprint density at radius 3 is 2.89 bits per heavy atom. The van der Waals surface area contributed by atoms with Crippen LogP contribution in [0.15, 0.2) is 6.07 Å². The van der Waals surface area contributed by atoms with E-state index in [0.29, 0.717) is 16.4 Å². The molecule has 1 aromatic heterocycles. The van der Waals surface area contributed by atoms with Gasteiger partial charge in [-0.15, -0.1) is 11.3 Å². The SMILES string of the molecule is COC1CCN(c2sc(C(C)=O)cc2[N+](=O)[O-])C1. The molecule has 0 N–H and O–H groups in total. The maximum atomic E-state index is 11.3. The van der Waals surface area contributed by atoms with E-state index in [1.165, 1.54) is 24.3 Å². The quantitative estimate of drug-likeness (QED) is 0.476. The molecular formula is C11H14N2O4S. The lowest BCUT2D eigenvalue weighted by atomic mass is 10.3. The third-order valence-electron chi connectivity index (χ3n) is 3.00. The first-order valence-corrected chi connectivity index (χ1v) is 6.41. The van der Waals surface area contributed by atoms with Gasteiger partial charge in [-0.2, -0.15) is 0 Å². The van der Waals surface area contributed by atoms with Gasteiger partial charge >= 0.3 is 5.69 Å². The second kappa shape index (κ2) is 5.03. The van der Waals surface area contributed by atoms with E-state index in [4.69, 9.17) is 4.74 Å². The summed E-state index contributed by atoms with van der Waals surface area (Å²) < 4.78 is 5.24. The molecule has 0 spiro atoms. The summed E-state index contributed by atoms with van der Waals surface area (Å²) in [6.07, 6.45) is 0.952. The molecule has 1 aliphatic rings. The number of ether oxygens (including phenoxy) is 1. The van der Waals surface area contributed by atoms with Crippen LogP contribution in [0.3, 0.4) is 0 Å². The molecule has 0 bridgehead atoms. The number of nitro groups is 1. The van der Waals surface area contributed by atoms with E-state index in [1.54, 1.807) is 7.11 Å². The maximum Gasteiger partial charge on any atom is 0.304 e. The first-order chi connectivity index (χ1) is 8.52. The predicted molar refractivity (Wildman–Crippen MR) is 68.6 cm³/mol. The van der Waals surface area contributed by atoms with Crippen molar-refractivity contribution in [2.24, 2.45) is 0 Å². The molecule has 98 valence electrons. The Labute approximate surface area is 108 Å². The molecule has 1 unspecified atom stereocenters. The molecule has 18 heavy (non-hydrogen) atoms. The van der Waals surface area contributed by atoms with Gasteiger partial charge in [0.1, 0.15) is 0 Å². The minimum absolute atomic E-state index is 0.0157. The summed E-state index contributed by atoms with van der Waals surface area (Å²) in [7, 11) is 1.64. The van der Waals surface area contributed by atoms with Crippen molar-refractivity contribution >= 4 is 27.8 Å². The zero-order chi connectivity index (χ0) is 13.3. The fourth-order valence-electron chi connectivity index (χ4n) is 2.01. The Morgan fingerprint density at radius 2 is 2.39 bits per heavy atom. The van der Waals surface area contributed by atoms with E-state index in [9.17, 15) is 14.9 Å². The number of methoxy groups -OCH3 is 1. The Balaban J connectivity index is 2.31. The highest BCUT2D eigenvalue weighted by molar-refractivity contribution is 7.18. The largest absolute Gasteiger partial charge is 0.380 e. The molecular weight excluding hydrogens is 256 g/mol. The Kier molecular flexibility index (Phi) is 3.63. The average molecular weight is 270 g/mol. The molecule has 7 heteroatoms. The molecule has 0 aliphatic carbocycles. The summed E-state index contributed by atoms with van der Waals surface area (Å²) in [5.41, 5.74) is 0.0157. The number of hydrogen-bond donors (Lipinski definition) is 0. The summed E-state index contributed by atoms with van der Waals surface area (Å²) in [6, 6.07) is 1.36. The van der Waals surface area contributed by atoms with Gasteiger partial charge in [0.05, 0.1) is 15.9 Å². The smallest absolute Gasteiger partial charge is 0.304 e. The lowest BCUT2D eigenvalue weighted by molar-refractivity contribution is -0.383. The molecule has 0 aromatic carbocycles. The summed E-state index contributed by atoms with van der Waals surface area (Å²) in [6.45, 7) is 2.77. The minimum atomic E-state index is -0.432. The van der Waals surface area contributed by atoms with Crippen LogP contribution in [0.1, 0.15) is 23.0 Å². The number of thiophene rings is 1. The van der Waals surface area contributed by atoms with Crippen LogP contribution in [0.2, 0.25) is 0 Å². The van der Waals surface area contributed by atoms with Crippen molar-refractivity contribution in [3.8, 4) is 0 Å². The van der Waals surface area contributed by atoms with Crippen LogP contribution in [-0.4, -0.2) is 37.0 Å². The molecule has 1 atom stereocenters. The van der Waals surface area contributed by atoms with Gasteiger partial charge in [-0.3, -0.25) is 14.9 Å². The summed E-state index contributed by atoms with van der Waals surface area (Å²) in [5, 5.41) is 11.6. The van der Waals surface area contributed by atoms with Crippen molar-refractivity contribution in [1.82, 2.24) is 0 Å². The lowest BCUT2D eigenvalue weighted by Gasteiger charge is -2.15. The monoisotopic (exact) mass is 270 g/mol. The molecule has 2 heterocycles. The number of carbonyl (C=O) groups excluding carboxylic acids is 1. The number of hydrogen-bond acceptors (Lipinski definition) is 6. The van der Waals surface area contributed by atoms with Crippen LogP contribution < -0.4 is 4.90 Å². The first kappa shape index (κ1) is 13.0. The Bertz CT molecular complexity index is 485. The third kappa shape index (κ3) is 2.37.